The normalized spacial score (nSPS) is 34.6. The van der Waals surface area contributed by atoms with Gasteiger partial charge < -0.3 is 31.1 Å². The molecule has 2 rings (SSSR count). The summed E-state index contributed by atoms with van der Waals surface area (Å²) < 4.78 is 5.90. The van der Waals surface area contributed by atoms with E-state index in [9.17, 15) is 24.9 Å². The molecular weight excluding hydrogens is 434 g/mol. The zero-order chi connectivity index (χ0) is 24.0. The fourth-order valence-electron chi connectivity index (χ4n) is 4.79. The maximum atomic E-state index is 13.3. The number of nitrogens with two attached hydrogens (primary N) is 1. The summed E-state index contributed by atoms with van der Waals surface area (Å²) >= 11 is 1.24. The van der Waals surface area contributed by atoms with Crippen molar-refractivity contribution in [2.24, 2.45) is 17.6 Å². The Hall–Kier alpha value is -0.910. The Morgan fingerprint density at radius 3 is 2.44 bits per heavy atom. The molecule has 0 radical (unpaired) electrons. The van der Waals surface area contributed by atoms with E-state index in [4.69, 9.17) is 10.5 Å². The largest absolute Gasteiger partial charge is 0.388 e. The second-order valence-electron chi connectivity index (χ2n) is 9.46. The van der Waals surface area contributed by atoms with Crippen molar-refractivity contribution in [3.63, 3.8) is 0 Å². The number of aliphatic hydroxyl groups excluding tert-OH is 3. The number of hydrogen-bond donors (Lipinski definition) is 5. The van der Waals surface area contributed by atoms with E-state index in [0.29, 0.717) is 18.9 Å². The van der Waals surface area contributed by atoms with Gasteiger partial charge in [-0.05, 0) is 30.9 Å². The molecule has 0 aromatic heterocycles. The van der Waals surface area contributed by atoms with E-state index in [-0.39, 0.29) is 18.4 Å². The van der Waals surface area contributed by atoms with Crippen LogP contribution in [0.3, 0.4) is 0 Å². The Morgan fingerprint density at radius 2 is 1.88 bits per heavy atom. The summed E-state index contributed by atoms with van der Waals surface area (Å²) in [7, 11) is 0. The van der Waals surface area contributed by atoms with Crippen LogP contribution in [0.2, 0.25) is 0 Å². The number of aliphatic hydroxyl groups is 3. The van der Waals surface area contributed by atoms with E-state index in [1.165, 1.54) is 11.8 Å². The van der Waals surface area contributed by atoms with Crippen LogP contribution in [0.5, 0.6) is 0 Å². The number of amides is 2. The van der Waals surface area contributed by atoms with Crippen molar-refractivity contribution in [2.75, 3.05) is 19.3 Å². The number of likely N-dealkylation sites (tertiary alicyclic amines) is 1. The summed E-state index contributed by atoms with van der Waals surface area (Å²) in [5.41, 5.74) is 4.72. The van der Waals surface area contributed by atoms with Gasteiger partial charge in [0.05, 0.1) is 18.6 Å². The van der Waals surface area contributed by atoms with Crippen LogP contribution in [0.15, 0.2) is 0 Å². The zero-order valence-electron chi connectivity index (χ0n) is 19.6. The molecule has 0 aliphatic carbocycles. The fourth-order valence-corrected chi connectivity index (χ4v) is 5.47. The lowest BCUT2D eigenvalue weighted by Gasteiger charge is -2.44. The van der Waals surface area contributed by atoms with Crippen molar-refractivity contribution in [1.29, 1.82) is 0 Å². The lowest BCUT2D eigenvalue weighted by Crippen LogP contribution is -2.64. The molecular formula is C22H41N3O6S. The first-order chi connectivity index (χ1) is 15.1. The monoisotopic (exact) mass is 475 g/mol. The van der Waals surface area contributed by atoms with Gasteiger partial charge in [0.1, 0.15) is 29.9 Å². The highest BCUT2D eigenvalue weighted by molar-refractivity contribution is 7.99. The van der Waals surface area contributed by atoms with Crippen molar-refractivity contribution < 1.29 is 29.6 Å². The molecule has 6 N–H and O–H groups in total. The van der Waals surface area contributed by atoms with E-state index in [1.54, 1.807) is 6.26 Å². The number of unbranched alkanes of at least 4 members (excludes halogenated alkanes) is 2. The third-order valence-electron chi connectivity index (χ3n) is 6.59. The number of rotatable bonds is 11. The quantitative estimate of drug-likeness (QED) is 0.264. The minimum Gasteiger partial charge on any atom is -0.388 e. The summed E-state index contributed by atoms with van der Waals surface area (Å²) in [5, 5.41) is 34.0. The summed E-state index contributed by atoms with van der Waals surface area (Å²) in [6.45, 7) is 6.62. The van der Waals surface area contributed by atoms with Crippen molar-refractivity contribution in [2.45, 2.75) is 94.8 Å². The number of primary amides is 1. The molecule has 2 saturated heterocycles. The Bertz CT molecular complexity index is 622. The molecule has 10 heteroatoms. The van der Waals surface area contributed by atoms with Crippen LogP contribution in [0.1, 0.15) is 52.9 Å². The first kappa shape index (κ1) is 27.3. The molecule has 186 valence electrons. The molecule has 2 fully saturated rings. The van der Waals surface area contributed by atoms with E-state index < -0.39 is 47.8 Å². The summed E-state index contributed by atoms with van der Waals surface area (Å²) in [4.78, 5) is 26.7. The molecule has 2 aliphatic heterocycles. The SMILES string of the molecule is CCCCCC1CC(C(=O)NC(C(C)C)C2OC(SC)C(O)C(O)C2O)N(CC(N)=O)C1. The van der Waals surface area contributed by atoms with Crippen molar-refractivity contribution >= 4 is 23.6 Å². The molecule has 2 aliphatic rings. The molecule has 0 saturated carbocycles. The standard InChI is InChI=1S/C22H41N3O6S/c1-5-6-7-8-13-9-14(25(10-13)11-15(23)26)21(30)24-16(12(2)3)20-18(28)17(27)19(29)22(31-20)32-4/h12-14,16-20,22,27-29H,5-11H2,1-4H3,(H2,23,26)(H,24,30). The van der Waals surface area contributed by atoms with Crippen molar-refractivity contribution in [3.05, 3.63) is 0 Å². The lowest BCUT2D eigenvalue weighted by atomic mass is 9.88. The van der Waals surface area contributed by atoms with Gasteiger partial charge in [-0.2, -0.15) is 0 Å². The van der Waals surface area contributed by atoms with Gasteiger partial charge in [-0.15, -0.1) is 11.8 Å². The van der Waals surface area contributed by atoms with Crippen molar-refractivity contribution in [1.82, 2.24) is 10.2 Å². The van der Waals surface area contributed by atoms with Gasteiger partial charge in [-0.1, -0.05) is 40.0 Å². The third-order valence-corrected chi connectivity index (χ3v) is 7.44. The van der Waals surface area contributed by atoms with Crippen molar-refractivity contribution in [3.8, 4) is 0 Å². The van der Waals surface area contributed by atoms with Crippen LogP contribution in [0, 0.1) is 11.8 Å². The second kappa shape index (κ2) is 12.5. The predicted octanol–water partition coefficient (Wildman–Crippen LogP) is 0.0539. The molecule has 8 unspecified atom stereocenters. The number of ether oxygens (including phenoxy) is 1. The zero-order valence-corrected chi connectivity index (χ0v) is 20.5. The smallest absolute Gasteiger partial charge is 0.237 e. The van der Waals surface area contributed by atoms with Gasteiger partial charge in [-0.3, -0.25) is 14.5 Å². The maximum Gasteiger partial charge on any atom is 0.237 e. The van der Waals surface area contributed by atoms with Gasteiger partial charge in [0.2, 0.25) is 11.8 Å². The summed E-state index contributed by atoms with van der Waals surface area (Å²) in [6, 6.07) is -1.06. The van der Waals surface area contributed by atoms with Crippen LogP contribution in [-0.4, -0.2) is 93.3 Å². The number of thioether (sulfide) groups is 1. The Labute approximate surface area is 195 Å². The fraction of sp³-hybridized carbons (Fsp3) is 0.909. The first-order valence-electron chi connectivity index (χ1n) is 11.7. The highest BCUT2D eigenvalue weighted by Crippen LogP contribution is 2.31. The molecule has 2 amide bonds. The van der Waals surface area contributed by atoms with Gasteiger partial charge in [0, 0.05) is 6.54 Å². The minimum absolute atomic E-state index is 0.0245. The number of nitrogens with zero attached hydrogens (tertiary/aromatic N) is 1. The van der Waals surface area contributed by atoms with E-state index in [2.05, 4.69) is 12.2 Å². The van der Waals surface area contributed by atoms with Crippen LogP contribution in [-0.2, 0) is 14.3 Å². The first-order valence-corrected chi connectivity index (χ1v) is 12.9. The number of carbonyl (C=O) groups excluding carboxylic acids is 2. The number of hydrogen-bond acceptors (Lipinski definition) is 8. The molecule has 2 heterocycles. The van der Waals surface area contributed by atoms with E-state index >= 15 is 0 Å². The molecule has 0 bridgehead atoms. The Balaban J connectivity index is 2.13. The van der Waals surface area contributed by atoms with Crippen LogP contribution in [0.25, 0.3) is 0 Å². The Morgan fingerprint density at radius 1 is 1.19 bits per heavy atom. The number of carbonyl (C=O) groups is 2. The average Bonchev–Trinajstić information content (AvgIpc) is 3.12. The topological polar surface area (TPSA) is 145 Å². The van der Waals surface area contributed by atoms with Gasteiger partial charge in [0.15, 0.2) is 0 Å². The summed E-state index contributed by atoms with van der Waals surface area (Å²) in [6.07, 6.45) is 1.95. The number of nitrogens with one attached hydrogen (secondary N) is 1. The molecule has 32 heavy (non-hydrogen) atoms. The summed E-state index contributed by atoms with van der Waals surface area (Å²) in [5.74, 6) is -0.484. The molecule has 0 aromatic carbocycles. The maximum absolute atomic E-state index is 13.3. The van der Waals surface area contributed by atoms with Crippen LogP contribution < -0.4 is 11.1 Å². The van der Waals surface area contributed by atoms with Gasteiger partial charge in [-0.25, -0.2) is 0 Å². The van der Waals surface area contributed by atoms with Crippen LogP contribution >= 0.6 is 11.8 Å². The molecule has 9 nitrogen and oxygen atoms in total. The predicted molar refractivity (Wildman–Crippen MR) is 124 cm³/mol. The van der Waals surface area contributed by atoms with E-state index in [1.807, 2.05) is 18.7 Å². The highest BCUT2D eigenvalue weighted by Gasteiger charge is 2.48. The lowest BCUT2D eigenvalue weighted by molar-refractivity contribution is -0.208. The van der Waals surface area contributed by atoms with E-state index in [0.717, 1.165) is 25.7 Å². The molecule has 0 spiro atoms. The Kier molecular flexibility index (Phi) is 10.7. The molecule has 8 atom stereocenters. The van der Waals surface area contributed by atoms with Crippen LogP contribution in [0.4, 0.5) is 0 Å². The van der Waals surface area contributed by atoms with Gasteiger partial charge >= 0.3 is 0 Å². The third kappa shape index (κ3) is 6.80. The second-order valence-corrected chi connectivity index (χ2v) is 10.4. The highest BCUT2D eigenvalue weighted by atomic mass is 32.2. The molecule has 0 aromatic rings. The minimum atomic E-state index is -1.37. The van der Waals surface area contributed by atoms with Gasteiger partial charge in [0.25, 0.3) is 0 Å². The average molecular weight is 476 g/mol.